The summed E-state index contributed by atoms with van der Waals surface area (Å²) in [6.07, 6.45) is 0.944. The Morgan fingerprint density at radius 3 is 1.32 bits per heavy atom. The van der Waals surface area contributed by atoms with Gasteiger partial charge < -0.3 is 28.7 Å². The minimum atomic E-state index is -3.74. The highest BCUT2D eigenvalue weighted by atomic mass is 35.5. The summed E-state index contributed by atoms with van der Waals surface area (Å²) in [5.74, 6) is 0.307. The van der Waals surface area contributed by atoms with Crippen molar-refractivity contribution >= 4 is 76.2 Å². The fourth-order valence-electron chi connectivity index (χ4n) is 7.38. The van der Waals surface area contributed by atoms with Crippen molar-refractivity contribution in [1.29, 1.82) is 0 Å². The van der Waals surface area contributed by atoms with Crippen LogP contribution in [0.3, 0.4) is 0 Å². The van der Waals surface area contributed by atoms with Gasteiger partial charge in [-0.05, 0) is 65.7 Å². The maximum absolute atomic E-state index is 13.4. The van der Waals surface area contributed by atoms with Gasteiger partial charge in [-0.1, -0.05) is 23.2 Å². The first kappa shape index (κ1) is 49.1. The molecule has 0 spiro atoms. The van der Waals surface area contributed by atoms with Gasteiger partial charge in [0.05, 0.1) is 39.8 Å². The van der Waals surface area contributed by atoms with E-state index in [2.05, 4.69) is 9.88 Å². The van der Waals surface area contributed by atoms with E-state index in [1.165, 1.54) is 72.7 Å². The molecular formula is C44H46Cl2F2N6O8S4. The Labute approximate surface area is 400 Å². The number of sulfonamides is 2. The van der Waals surface area contributed by atoms with Gasteiger partial charge in [-0.25, -0.2) is 35.6 Å². The fourth-order valence-corrected chi connectivity index (χ4v) is 12.8. The van der Waals surface area contributed by atoms with Crippen molar-refractivity contribution in [2.45, 2.75) is 22.6 Å². The summed E-state index contributed by atoms with van der Waals surface area (Å²) < 4.78 is 103. The summed E-state index contributed by atoms with van der Waals surface area (Å²) in [5.41, 5.74) is 3.13. The molecule has 22 heteroatoms. The zero-order valence-corrected chi connectivity index (χ0v) is 41.0. The van der Waals surface area contributed by atoms with Crippen LogP contribution in [0.2, 0.25) is 10.0 Å². The van der Waals surface area contributed by atoms with Crippen LogP contribution in [0.4, 0.5) is 19.0 Å². The van der Waals surface area contributed by atoms with Crippen LogP contribution in [0.5, 0.6) is 23.0 Å². The second-order valence-corrected chi connectivity index (χ2v) is 21.3. The zero-order chi connectivity index (χ0) is 47.2. The number of hydrogen-bond acceptors (Lipinski definition) is 14. The zero-order valence-electron chi connectivity index (χ0n) is 36.2. The first-order valence-electron chi connectivity index (χ1n) is 20.3. The molecule has 0 radical (unpaired) electrons. The van der Waals surface area contributed by atoms with E-state index in [-0.39, 0.29) is 21.3 Å². The van der Waals surface area contributed by atoms with Crippen molar-refractivity contribution in [1.82, 2.24) is 18.6 Å². The van der Waals surface area contributed by atoms with E-state index in [1.807, 2.05) is 27.8 Å². The largest absolute Gasteiger partial charge is 0.497 e. The van der Waals surface area contributed by atoms with Gasteiger partial charge >= 0.3 is 0 Å². The molecule has 4 heterocycles. The molecule has 352 valence electrons. The number of nitrogens with zero attached hydrogens (tertiary/aromatic N) is 6. The molecule has 2 aromatic heterocycles. The Morgan fingerprint density at radius 1 is 0.545 bits per heavy atom. The topological polar surface area (TPSA) is 144 Å². The number of benzene rings is 4. The Morgan fingerprint density at radius 2 is 0.939 bits per heavy atom. The lowest BCUT2D eigenvalue weighted by molar-refractivity contribution is 0.369. The standard InChI is InChI=1S/C22H23Cl2N3O4S2.C22H23F2N3O4S2/c2*1-30-19-3-4-21(20(13-19)31-2)33(28,29)27-7-5-26(6-8-27)22-25-18(14-32-22)11-15-9-16(23)12-17(24)10-15/h2*3-4,9-10,12-14H,5-8,11H2,1-2H3. The van der Waals surface area contributed by atoms with E-state index in [4.69, 9.17) is 47.1 Å². The minimum absolute atomic E-state index is 0.0955. The van der Waals surface area contributed by atoms with E-state index in [0.717, 1.165) is 27.6 Å². The number of methoxy groups -OCH3 is 4. The van der Waals surface area contributed by atoms with Crippen LogP contribution in [-0.4, -0.2) is 116 Å². The van der Waals surface area contributed by atoms with Gasteiger partial charge in [0.1, 0.15) is 44.4 Å². The molecule has 6 aromatic rings. The van der Waals surface area contributed by atoms with Crippen LogP contribution in [0.1, 0.15) is 22.5 Å². The van der Waals surface area contributed by atoms with Gasteiger partial charge in [-0.15, -0.1) is 22.7 Å². The van der Waals surface area contributed by atoms with Crippen LogP contribution in [0, 0.1) is 11.6 Å². The van der Waals surface area contributed by atoms with Crippen LogP contribution in [0.15, 0.2) is 93.3 Å². The Balaban J connectivity index is 0.000000196. The maximum atomic E-state index is 13.4. The molecule has 2 aliphatic heterocycles. The molecule has 0 aliphatic carbocycles. The van der Waals surface area contributed by atoms with Crippen molar-refractivity contribution < 1.29 is 44.6 Å². The number of anilines is 2. The first-order chi connectivity index (χ1) is 31.6. The molecule has 0 saturated carbocycles. The second-order valence-electron chi connectivity index (χ2n) is 15.0. The summed E-state index contributed by atoms with van der Waals surface area (Å²) in [7, 11) is -1.54. The quantitative estimate of drug-likeness (QED) is 0.104. The average Bonchev–Trinajstić information content (AvgIpc) is 3.98. The summed E-state index contributed by atoms with van der Waals surface area (Å²) in [6.45, 7) is 3.34. The highest BCUT2D eigenvalue weighted by molar-refractivity contribution is 7.89. The minimum Gasteiger partial charge on any atom is -0.497 e. The number of ether oxygens (including phenoxy) is 4. The molecule has 8 rings (SSSR count). The van der Waals surface area contributed by atoms with Gasteiger partial charge in [0.15, 0.2) is 10.3 Å². The second kappa shape index (κ2) is 21.4. The Kier molecular flexibility index (Phi) is 16.0. The number of piperazine rings is 2. The smallest absolute Gasteiger partial charge is 0.246 e. The molecule has 66 heavy (non-hydrogen) atoms. The van der Waals surface area contributed by atoms with Crippen molar-refractivity contribution in [3.8, 4) is 23.0 Å². The van der Waals surface area contributed by atoms with Gasteiger partial charge in [0.2, 0.25) is 20.0 Å². The number of halogens is 4. The number of aromatic nitrogens is 2. The summed E-state index contributed by atoms with van der Waals surface area (Å²) in [5, 5.41) is 6.68. The van der Waals surface area contributed by atoms with E-state index in [1.54, 1.807) is 41.7 Å². The number of hydrogen-bond donors (Lipinski definition) is 0. The summed E-state index contributed by atoms with van der Waals surface area (Å²) in [4.78, 5) is 13.7. The highest BCUT2D eigenvalue weighted by Crippen LogP contribution is 2.34. The van der Waals surface area contributed by atoms with Crippen molar-refractivity contribution in [3.63, 3.8) is 0 Å². The average molecular weight is 1020 g/mol. The van der Waals surface area contributed by atoms with E-state index < -0.39 is 31.7 Å². The molecule has 2 fully saturated rings. The van der Waals surface area contributed by atoms with Crippen LogP contribution < -0.4 is 28.7 Å². The molecular weight excluding hydrogens is 978 g/mol. The molecule has 4 aromatic carbocycles. The lowest BCUT2D eigenvalue weighted by atomic mass is 10.1. The molecule has 0 unspecified atom stereocenters. The lowest BCUT2D eigenvalue weighted by Gasteiger charge is -2.34. The monoisotopic (exact) mass is 1020 g/mol. The molecule has 0 atom stereocenters. The lowest BCUT2D eigenvalue weighted by Crippen LogP contribution is -2.48. The normalized spacial score (nSPS) is 15.0. The van der Waals surface area contributed by atoms with Gasteiger partial charge in [0.25, 0.3) is 0 Å². The van der Waals surface area contributed by atoms with Crippen molar-refractivity contribution in [2.24, 2.45) is 0 Å². The van der Waals surface area contributed by atoms with Crippen LogP contribution in [0.25, 0.3) is 0 Å². The Hall–Kier alpha value is -4.80. The molecule has 0 N–H and O–H groups in total. The first-order valence-corrected chi connectivity index (χ1v) is 25.7. The third-order valence-corrected chi connectivity index (χ3v) is 16.9. The van der Waals surface area contributed by atoms with Gasteiger partial charge in [-0.2, -0.15) is 8.61 Å². The number of thiazole rings is 2. The van der Waals surface area contributed by atoms with E-state index in [0.29, 0.717) is 98.0 Å². The molecule has 0 amide bonds. The summed E-state index contributed by atoms with van der Waals surface area (Å²) >= 11 is 15.2. The molecule has 0 bridgehead atoms. The molecule has 14 nitrogen and oxygen atoms in total. The fraction of sp³-hybridized carbons (Fsp3) is 0.318. The van der Waals surface area contributed by atoms with Crippen molar-refractivity contribution in [2.75, 3.05) is 90.6 Å². The Bertz CT molecular complexity index is 2640. The van der Waals surface area contributed by atoms with Gasteiger partial charge in [0, 0.05) is 104 Å². The predicted molar refractivity (Wildman–Crippen MR) is 254 cm³/mol. The highest BCUT2D eigenvalue weighted by Gasteiger charge is 2.33. The maximum Gasteiger partial charge on any atom is 0.246 e. The third-order valence-electron chi connectivity index (χ3n) is 10.7. The van der Waals surface area contributed by atoms with E-state index >= 15 is 0 Å². The van der Waals surface area contributed by atoms with Crippen LogP contribution >= 0.6 is 45.9 Å². The predicted octanol–water partition coefficient (Wildman–Crippen LogP) is 8.11. The van der Waals surface area contributed by atoms with Gasteiger partial charge in [-0.3, -0.25) is 0 Å². The van der Waals surface area contributed by atoms with Crippen molar-refractivity contribution in [3.05, 3.63) is 128 Å². The summed E-state index contributed by atoms with van der Waals surface area (Å²) in [6, 6.07) is 18.2. The molecule has 2 aliphatic rings. The molecule has 2 saturated heterocycles. The number of rotatable bonds is 14. The van der Waals surface area contributed by atoms with Crippen LogP contribution in [-0.2, 0) is 32.9 Å². The SMILES string of the molecule is COc1ccc(S(=O)(=O)N2CCN(c3nc(Cc4cc(Cl)cc(Cl)c4)cs3)CC2)c(OC)c1.COc1ccc(S(=O)(=O)N2CCN(c3nc(Cc4cc(F)cc(F)c4)cs3)CC2)c(OC)c1. The third kappa shape index (κ3) is 11.6. The van der Waals surface area contributed by atoms with E-state index in [9.17, 15) is 25.6 Å².